The van der Waals surface area contributed by atoms with E-state index in [0.29, 0.717) is 12.4 Å². The van der Waals surface area contributed by atoms with Crippen LogP contribution in [-0.2, 0) is 9.53 Å². The third-order valence-electron chi connectivity index (χ3n) is 3.48. The smallest absolute Gasteiger partial charge is 0.338 e. The first kappa shape index (κ1) is 20.7. The molecule has 2 aromatic carbocycles. The van der Waals surface area contributed by atoms with Crippen molar-refractivity contribution in [2.24, 2.45) is 0 Å². The average molecular weight is 388 g/mol. The number of benzene rings is 2. The van der Waals surface area contributed by atoms with Crippen molar-refractivity contribution >= 4 is 17.6 Å². The standard InChI is InChI=1S/C19H20N2O7/c1-2-26-16-7-9-17(10-8-16)27-12-11-20-18(22)13-28-19(23)14-3-5-15(6-4-14)21(24)25/h3-10H,2,11-13H2,1H3,(H,20,22). The van der Waals surface area contributed by atoms with Crippen molar-refractivity contribution in [3.05, 3.63) is 64.2 Å². The molecule has 0 bridgehead atoms. The number of rotatable bonds is 10. The van der Waals surface area contributed by atoms with Gasteiger partial charge in [-0.15, -0.1) is 0 Å². The molecule has 28 heavy (non-hydrogen) atoms. The lowest BCUT2D eigenvalue weighted by molar-refractivity contribution is -0.384. The number of hydrogen-bond donors (Lipinski definition) is 1. The molecule has 9 nitrogen and oxygen atoms in total. The maximum Gasteiger partial charge on any atom is 0.338 e. The Kier molecular flexibility index (Phi) is 7.77. The van der Waals surface area contributed by atoms with Crippen LogP contribution in [0.4, 0.5) is 5.69 Å². The molecule has 2 aromatic rings. The third kappa shape index (κ3) is 6.60. The van der Waals surface area contributed by atoms with Gasteiger partial charge in [-0.25, -0.2) is 4.79 Å². The minimum atomic E-state index is -0.740. The topological polar surface area (TPSA) is 117 Å². The summed E-state index contributed by atoms with van der Waals surface area (Å²) in [5, 5.41) is 13.1. The third-order valence-corrected chi connectivity index (χ3v) is 3.48. The zero-order valence-corrected chi connectivity index (χ0v) is 15.3. The number of esters is 1. The zero-order chi connectivity index (χ0) is 20.4. The molecular weight excluding hydrogens is 368 g/mol. The van der Waals surface area contributed by atoms with Crippen molar-refractivity contribution in [2.45, 2.75) is 6.92 Å². The summed E-state index contributed by atoms with van der Waals surface area (Å²) in [7, 11) is 0. The van der Waals surface area contributed by atoms with Crippen molar-refractivity contribution in [2.75, 3.05) is 26.4 Å². The Hall–Kier alpha value is -3.62. The number of nitrogens with one attached hydrogen (secondary N) is 1. The van der Waals surface area contributed by atoms with Crippen LogP contribution in [-0.4, -0.2) is 43.2 Å². The minimum absolute atomic E-state index is 0.122. The molecule has 0 radical (unpaired) electrons. The molecule has 0 aliphatic heterocycles. The molecule has 0 aliphatic rings. The molecule has 2 rings (SSSR count). The van der Waals surface area contributed by atoms with Crippen LogP contribution in [0.1, 0.15) is 17.3 Å². The Balaban J connectivity index is 1.65. The summed E-state index contributed by atoms with van der Waals surface area (Å²) in [6.45, 7) is 2.51. The fourth-order valence-electron chi connectivity index (χ4n) is 2.14. The van der Waals surface area contributed by atoms with Gasteiger partial charge in [0.15, 0.2) is 6.61 Å². The van der Waals surface area contributed by atoms with E-state index < -0.39 is 23.4 Å². The van der Waals surface area contributed by atoms with E-state index >= 15 is 0 Å². The quantitative estimate of drug-likeness (QED) is 0.287. The Morgan fingerprint density at radius 2 is 1.61 bits per heavy atom. The maximum atomic E-state index is 11.8. The summed E-state index contributed by atoms with van der Waals surface area (Å²) in [6, 6.07) is 12.0. The highest BCUT2D eigenvalue weighted by molar-refractivity contribution is 5.91. The van der Waals surface area contributed by atoms with E-state index in [1.165, 1.54) is 24.3 Å². The van der Waals surface area contributed by atoms with Crippen LogP contribution in [0.15, 0.2) is 48.5 Å². The second kappa shape index (κ2) is 10.5. The average Bonchev–Trinajstić information content (AvgIpc) is 2.71. The van der Waals surface area contributed by atoms with Crippen LogP contribution in [0.25, 0.3) is 0 Å². The number of nitro groups is 1. The first-order valence-corrected chi connectivity index (χ1v) is 8.53. The van der Waals surface area contributed by atoms with E-state index in [1.54, 1.807) is 24.3 Å². The minimum Gasteiger partial charge on any atom is -0.494 e. The molecule has 1 amide bonds. The summed E-state index contributed by atoms with van der Waals surface area (Å²) in [5.74, 6) is 0.168. The summed E-state index contributed by atoms with van der Waals surface area (Å²) in [6.07, 6.45) is 0. The lowest BCUT2D eigenvalue weighted by Gasteiger charge is -2.09. The van der Waals surface area contributed by atoms with E-state index in [-0.39, 0.29) is 24.4 Å². The van der Waals surface area contributed by atoms with Crippen molar-refractivity contribution in [3.63, 3.8) is 0 Å². The van der Waals surface area contributed by atoms with Crippen LogP contribution in [0.5, 0.6) is 11.5 Å². The van der Waals surface area contributed by atoms with E-state index in [0.717, 1.165) is 5.75 Å². The zero-order valence-electron chi connectivity index (χ0n) is 15.3. The molecule has 0 aromatic heterocycles. The SMILES string of the molecule is CCOc1ccc(OCCNC(=O)COC(=O)c2ccc([N+](=O)[O-])cc2)cc1. The van der Waals surface area contributed by atoms with Gasteiger partial charge < -0.3 is 19.5 Å². The van der Waals surface area contributed by atoms with E-state index in [1.807, 2.05) is 6.92 Å². The molecule has 0 saturated heterocycles. The van der Waals surface area contributed by atoms with Crippen LogP contribution < -0.4 is 14.8 Å². The summed E-state index contributed by atoms with van der Waals surface area (Å²) in [5.41, 5.74) is -0.0148. The van der Waals surface area contributed by atoms with Crippen LogP contribution in [0.2, 0.25) is 0 Å². The number of carbonyl (C=O) groups excluding carboxylic acids is 2. The molecule has 0 fully saturated rings. The van der Waals surface area contributed by atoms with Crippen LogP contribution in [0.3, 0.4) is 0 Å². The van der Waals surface area contributed by atoms with Crippen LogP contribution >= 0.6 is 0 Å². The molecule has 0 unspecified atom stereocenters. The lowest BCUT2D eigenvalue weighted by atomic mass is 10.2. The van der Waals surface area contributed by atoms with Crippen molar-refractivity contribution in [1.29, 1.82) is 0 Å². The van der Waals surface area contributed by atoms with Crippen LogP contribution in [0, 0.1) is 10.1 Å². The number of ether oxygens (including phenoxy) is 3. The molecule has 0 saturated carbocycles. The van der Waals surface area contributed by atoms with E-state index in [4.69, 9.17) is 14.2 Å². The van der Waals surface area contributed by atoms with E-state index in [2.05, 4.69) is 5.32 Å². The molecule has 148 valence electrons. The molecule has 0 spiro atoms. The van der Waals surface area contributed by atoms with Gasteiger partial charge >= 0.3 is 5.97 Å². The first-order valence-electron chi connectivity index (χ1n) is 8.53. The Morgan fingerprint density at radius 1 is 1.00 bits per heavy atom. The lowest BCUT2D eigenvalue weighted by Crippen LogP contribution is -2.32. The van der Waals surface area contributed by atoms with Gasteiger partial charge in [0.2, 0.25) is 0 Å². The highest BCUT2D eigenvalue weighted by Crippen LogP contribution is 2.17. The molecular formula is C19H20N2O7. The Morgan fingerprint density at radius 3 is 2.18 bits per heavy atom. The predicted molar refractivity (Wildman–Crippen MR) is 99.5 cm³/mol. The van der Waals surface area contributed by atoms with Gasteiger partial charge in [-0.3, -0.25) is 14.9 Å². The number of amides is 1. The second-order valence-electron chi connectivity index (χ2n) is 5.48. The Labute approximate surface area is 161 Å². The second-order valence-corrected chi connectivity index (χ2v) is 5.48. The fraction of sp³-hybridized carbons (Fsp3) is 0.263. The number of non-ortho nitro benzene ring substituents is 1. The molecule has 9 heteroatoms. The van der Waals surface area contributed by atoms with Gasteiger partial charge in [-0.05, 0) is 43.3 Å². The first-order chi connectivity index (χ1) is 13.5. The molecule has 0 aliphatic carbocycles. The van der Waals surface area contributed by atoms with Gasteiger partial charge in [-0.1, -0.05) is 0 Å². The van der Waals surface area contributed by atoms with Gasteiger partial charge in [0.1, 0.15) is 18.1 Å². The van der Waals surface area contributed by atoms with Crippen molar-refractivity contribution in [1.82, 2.24) is 5.32 Å². The van der Waals surface area contributed by atoms with Gasteiger partial charge in [0, 0.05) is 12.1 Å². The predicted octanol–water partition coefficient (Wildman–Crippen LogP) is 2.35. The summed E-state index contributed by atoms with van der Waals surface area (Å²) in [4.78, 5) is 33.5. The molecule has 0 atom stereocenters. The number of hydrogen-bond acceptors (Lipinski definition) is 7. The largest absolute Gasteiger partial charge is 0.494 e. The summed E-state index contributed by atoms with van der Waals surface area (Å²) < 4.78 is 15.7. The fourth-order valence-corrected chi connectivity index (χ4v) is 2.14. The van der Waals surface area contributed by atoms with Gasteiger partial charge in [0.25, 0.3) is 11.6 Å². The normalized spacial score (nSPS) is 10.0. The number of nitrogens with zero attached hydrogens (tertiary/aromatic N) is 1. The van der Waals surface area contributed by atoms with Crippen molar-refractivity contribution < 1.29 is 28.7 Å². The Bertz CT molecular complexity index is 804. The monoisotopic (exact) mass is 388 g/mol. The summed E-state index contributed by atoms with van der Waals surface area (Å²) >= 11 is 0. The van der Waals surface area contributed by atoms with Gasteiger partial charge in [0.05, 0.1) is 23.6 Å². The highest BCUT2D eigenvalue weighted by Gasteiger charge is 2.12. The number of carbonyl (C=O) groups is 2. The molecule has 1 N–H and O–H groups in total. The van der Waals surface area contributed by atoms with Gasteiger partial charge in [-0.2, -0.15) is 0 Å². The number of nitro benzene ring substituents is 1. The van der Waals surface area contributed by atoms with E-state index in [9.17, 15) is 19.7 Å². The molecule has 0 heterocycles. The maximum absolute atomic E-state index is 11.8. The highest BCUT2D eigenvalue weighted by atomic mass is 16.6. The van der Waals surface area contributed by atoms with Crippen molar-refractivity contribution in [3.8, 4) is 11.5 Å².